The molecule has 5 nitrogen and oxygen atoms in total. The average Bonchev–Trinajstić information content (AvgIpc) is 2.82. The number of hydrogen-bond donors (Lipinski definition) is 5. The number of nitrogen functional groups attached to an aromatic ring is 2. The number of fused-ring (bicyclic) bond motifs is 2. The van der Waals surface area contributed by atoms with Gasteiger partial charge in [0, 0.05) is 33.5 Å². The highest BCUT2D eigenvalue weighted by molar-refractivity contribution is 6.08. The Bertz CT molecular complexity index is 1640. The first-order valence-electron chi connectivity index (χ1n) is 11.3. The average molecular weight is 706 g/mol. The highest BCUT2D eigenvalue weighted by atomic mass is 19.4. The number of anilines is 2. The molecule has 0 fully saturated rings. The SMILES string of the molecule is Nc1ccc2cc3c(C(O)(C(F)(F)F)C(F)(F)F)cc(C(O)(C(F)(F)F)C(F)(F)F)c(N)c3cc2c1C(O)(C(F)(F)F)C(F)(F)F. The number of benzene rings is 3. The van der Waals surface area contributed by atoms with Crippen LogP contribution in [0.5, 0.6) is 0 Å². The van der Waals surface area contributed by atoms with Crippen LogP contribution in [0.25, 0.3) is 21.5 Å². The smallest absolute Gasteiger partial charge is 0.398 e. The summed E-state index contributed by atoms with van der Waals surface area (Å²) in [5.74, 6) is 0. The third kappa shape index (κ3) is 4.88. The molecule has 0 spiro atoms. The Morgan fingerprint density at radius 3 is 1.15 bits per heavy atom. The number of aliphatic hydroxyl groups is 3. The van der Waals surface area contributed by atoms with E-state index >= 15 is 0 Å². The normalized spacial score (nSPS) is 15.2. The number of alkyl halides is 18. The molecule has 23 heteroatoms. The molecule has 0 aliphatic carbocycles. The van der Waals surface area contributed by atoms with Crippen molar-refractivity contribution in [1.29, 1.82) is 0 Å². The molecule has 46 heavy (non-hydrogen) atoms. The van der Waals surface area contributed by atoms with E-state index in [1.807, 2.05) is 0 Å². The number of rotatable bonds is 3. The molecule has 0 amide bonds. The zero-order valence-corrected chi connectivity index (χ0v) is 21.2. The topological polar surface area (TPSA) is 113 Å². The van der Waals surface area contributed by atoms with Gasteiger partial charge < -0.3 is 26.8 Å². The summed E-state index contributed by atoms with van der Waals surface area (Å²) in [6, 6.07) is -1.43. The van der Waals surface area contributed by atoms with Gasteiger partial charge in [-0.3, -0.25) is 0 Å². The molecule has 0 atom stereocenters. The van der Waals surface area contributed by atoms with E-state index in [0.717, 1.165) is 0 Å². The Morgan fingerprint density at radius 1 is 0.413 bits per heavy atom. The van der Waals surface area contributed by atoms with E-state index in [4.69, 9.17) is 11.5 Å². The van der Waals surface area contributed by atoms with Crippen molar-refractivity contribution in [3.8, 4) is 0 Å². The molecule has 3 aromatic rings. The van der Waals surface area contributed by atoms with Gasteiger partial charge in [0.05, 0.1) is 0 Å². The molecule has 3 aromatic carbocycles. The second kappa shape index (κ2) is 9.95. The van der Waals surface area contributed by atoms with Crippen molar-refractivity contribution in [3.05, 3.63) is 47.0 Å². The van der Waals surface area contributed by atoms with Gasteiger partial charge >= 0.3 is 37.1 Å². The third-order valence-electron chi connectivity index (χ3n) is 6.95. The fourth-order valence-electron chi connectivity index (χ4n) is 4.66. The van der Waals surface area contributed by atoms with E-state index in [-0.39, 0.29) is 12.1 Å². The van der Waals surface area contributed by atoms with Gasteiger partial charge in [-0.1, -0.05) is 6.07 Å². The van der Waals surface area contributed by atoms with E-state index in [2.05, 4.69) is 0 Å². The highest BCUT2D eigenvalue weighted by Crippen LogP contribution is 2.58. The summed E-state index contributed by atoms with van der Waals surface area (Å²) in [6.45, 7) is 0. The number of nitrogens with two attached hydrogens (primary N) is 2. The van der Waals surface area contributed by atoms with Crippen LogP contribution in [0, 0.1) is 0 Å². The first-order valence-corrected chi connectivity index (χ1v) is 11.3. The van der Waals surface area contributed by atoms with Crippen LogP contribution in [0.15, 0.2) is 30.3 Å². The van der Waals surface area contributed by atoms with Gasteiger partial charge in [-0.15, -0.1) is 0 Å². The molecule has 3 rings (SSSR count). The predicted octanol–water partition coefficient (Wildman–Crippen LogP) is 7.09. The van der Waals surface area contributed by atoms with Crippen molar-refractivity contribution >= 4 is 32.9 Å². The molecule has 0 unspecified atom stereocenters. The van der Waals surface area contributed by atoms with Crippen molar-refractivity contribution in [1.82, 2.24) is 0 Å². The van der Waals surface area contributed by atoms with E-state index in [9.17, 15) is 94.3 Å². The molecule has 0 aromatic heterocycles. The Labute approximate surface area is 240 Å². The van der Waals surface area contributed by atoms with Crippen molar-refractivity contribution in [2.75, 3.05) is 11.5 Å². The minimum Gasteiger partial charge on any atom is -0.398 e. The van der Waals surface area contributed by atoms with Crippen LogP contribution >= 0.6 is 0 Å². The summed E-state index contributed by atoms with van der Waals surface area (Å²) in [6.07, 6.45) is -41.9. The standard InChI is InChI=1S/C23H12F18N2O3/c24-18(25,26)15(44,19(27,28)29)10-5-11(16(45,20(30,31)32)21(33,34)35)14(43)9-4-7-6(3-8(9)10)1-2-12(42)13(7)17(46,22(36,37)38)23(39,40)41/h1-5,44-46H,42-43H2. The predicted molar refractivity (Wildman–Crippen MR) is 118 cm³/mol. The molecule has 0 saturated heterocycles. The molecule has 7 N–H and O–H groups in total. The Kier molecular flexibility index (Phi) is 7.98. The van der Waals surface area contributed by atoms with Crippen LogP contribution in [0.3, 0.4) is 0 Å². The van der Waals surface area contributed by atoms with Crippen molar-refractivity contribution in [2.45, 2.75) is 53.9 Å². The van der Waals surface area contributed by atoms with Crippen molar-refractivity contribution < 1.29 is 94.3 Å². The van der Waals surface area contributed by atoms with Gasteiger partial charge in [-0.2, -0.15) is 79.0 Å². The molecule has 0 heterocycles. The summed E-state index contributed by atoms with van der Waals surface area (Å²) in [7, 11) is 0. The minimum absolute atomic E-state index is 0.134. The molecule has 0 radical (unpaired) electrons. The lowest BCUT2D eigenvalue weighted by Gasteiger charge is -2.37. The summed E-state index contributed by atoms with van der Waals surface area (Å²) < 4.78 is 248. The van der Waals surface area contributed by atoms with Crippen LogP contribution in [0.2, 0.25) is 0 Å². The Morgan fingerprint density at radius 2 is 0.783 bits per heavy atom. The fraction of sp³-hybridized carbons (Fsp3) is 0.391. The highest BCUT2D eigenvalue weighted by Gasteiger charge is 2.75. The maximum Gasteiger partial charge on any atom is 0.430 e. The summed E-state index contributed by atoms with van der Waals surface area (Å²) in [5.41, 5.74) is -21.0. The maximum atomic E-state index is 13.9. The van der Waals surface area contributed by atoms with Gasteiger partial charge in [-0.25, -0.2) is 0 Å². The van der Waals surface area contributed by atoms with E-state index in [0.29, 0.717) is 6.07 Å². The van der Waals surface area contributed by atoms with Crippen LogP contribution in [0.1, 0.15) is 16.7 Å². The Balaban J connectivity index is 2.86. The van der Waals surface area contributed by atoms with Crippen LogP contribution in [0.4, 0.5) is 90.4 Å². The molecule has 0 bridgehead atoms. The molecule has 0 aliphatic rings. The summed E-state index contributed by atoms with van der Waals surface area (Å²) in [4.78, 5) is 0. The minimum atomic E-state index is -7.10. The van der Waals surface area contributed by atoms with Crippen molar-refractivity contribution in [3.63, 3.8) is 0 Å². The lowest BCUT2D eigenvalue weighted by atomic mass is 9.79. The van der Waals surface area contributed by atoms with E-state index in [1.54, 1.807) is 0 Å². The first-order chi connectivity index (χ1) is 20.1. The molecule has 0 aliphatic heterocycles. The number of halogens is 18. The zero-order valence-electron chi connectivity index (χ0n) is 21.2. The van der Waals surface area contributed by atoms with E-state index in [1.165, 1.54) is 0 Å². The lowest BCUT2D eigenvalue weighted by molar-refractivity contribution is -0.378. The van der Waals surface area contributed by atoms with Gasteiger partial charge in [0.25, 0.3) is 16.8 Å². The zero-order chi connectivity index (χ0) is 36.2. The first kappa shape index (κ1) is 36.9. The van der Waals surface area contributed by atoms with Gasteiger partial charge in [0.1, 0.15) is 0 Å². The monoisotopic (exact) mass is 706 g/mol. The van der Waals surface area contributed by atoms with Crippen LogP contribution < -0.4 is 11.5 Å². The fourth-order valence-corrected chi connectivity index (χ4v) is 4.66. The van der Waals surface area contributed by atoms with Gasteiger partial charge in [0.15, 0.2) is 0 Å². The van der Waals surface area contributed by atoms with Crippen LogP contribution in [-0.2, 0) is 16.8 Å². The Hall–Kier alpha value is -3.60. The largest absolute Gasteiger partial charge is 0.430 e. The maximum absolute atomic E-state index is 13.9. The van der Waals surface area contributed by atoms with Gasteiger partial charge in [0.2, 0.25) is 0 Å². The van der Waals surface area contributed by atoms with Gasteiger partial charge in [-0.05, 0) is 40.4 Å². The third-order valence-corrected chi connectivity index (χ3v) is 6.95. The second-order valence-corrected chi connectivity index (χ2v) is 9.65. The van der Waals surface area contributed by atoms with Crippen molar-refractivity contribution in [2.24, 2.45) is 0 Å². The molecular formula is C23H12F18N2O3. The van der Waals surface area contributed by atoms with Crippen LogP contribution in [-0.4, -0.2) is 52.4 Å². The molecule has 0 saturated carbocycles. The lowest BCUT2D eigenvalue weighted by Crippen LogP contribution is -2.56. The molecule has 258 valence electrons. The number of hydrogen-bond acceptors (Lipinski definition) is 5. The second-order valence-electron chi connectivity index (χ2n) is 9.65. The summed E-state index contributed by atoms with van der Waals surface area (Å²) >= 11 is 0. The summed E-state index contributed by atoms with van der Waals surface area (Å²) in [5, 5.41) is 22.7. The quantitative estimate of drug-likeness (QED) is 0.114. The van der Waals surface area contributed by atoms with E-state index < -0.39 is 116 Å². The molecular weight excluding hydrogens is 694 g/mol.